The van der Waals surface area contributed by atoms with E-state index < -0.39 is 11.6 Å². The van der Waals surface area contributed by atoms with E-state index in [9.17, 15) is 13.6 Å². The van der Waals surface area contributed by atoms with Crippen LogP contribution in [-0.2, 0) is 11.2 Å². The number of benzene rings is 2. The van der Waals surface area contributed by atoms with Crippen LogP contribution < -0.4 is 10.6 Å². The second-order valence-electron chi connectivity index (χ2n) is 6.61. The van der Waals surface area contributed by atoms with E-state index in [2.05, 4.69) is 10.6 Å². The molecule has 1 amide bonds. The van der Waals surface area contributed by atoms with Gasteiger partial charge in [-0.15, -0.1) is 0 Å². The number of rotatable bonds is 4. The van der Waals surface area contributed by atoms with Crippen molar-refractivity contribution in [3.05, 3.63) is 70.8 Å². The molecule has 1 aliphatic rings. The van der Waals surface area contributed by atoms with Crippen LogP contribution >= 0.6 is 0 Å². The Hall–Kier alpha value is -2.27. The van der Waals surface area contributed by atoms with Gasteiger partial charge < -0.3 is 10.6 Å². The smallest absolute Gasteiger partial charge is 0.224 e. The van der Waals surface area contributed by atoms with Gasteiger partial charge in [0.05, 0.1) is 6.42 Å². The number of carbonyl (C=O) groups excluding carboxylic acids is 1. The summed E-state index contributed by atoms with van der Waals surface area (Å²) in [6.07, 6.45) is 1.07. The molecular weight excluding hydrogens is 322 g/mol. The van der Waals surface area contributed by atoms with Gasteiger partial charge in [0.15, 0.2) is 11.6 Å². The van der Waals surface area contributed by atoms with Crippen LogP contribution in [0.4, 0.5) is 8.78 Å². The highest BCUT2D eigenvalue weighted by Gasteiger charge is 2.28. The highest BCUT2D eigenvalue weighted by molar-refractivity contribution is 5.79. The molecule has 3 nitrogen and oxygen atoms in total. The highest BCUT2D eigenvalue weighted by Crippen LogP contribution is 2.27. The maximum atomic E-state index is 13.6. The van der Waals surface area contributed by atoms with Gasteiger partial charge in [-0.3, -0.25) is 4.79 Å². The lowest BCUT2D eigenvalue weighted by Gasteiger charge is -2.33. The fraction of sp³-hybridized carbons (Fsp3) is 0.350. The molecule has 1 aliphatic heterocycles. The highest BCUT2D eigenvalue weighted by atomic mass is 19.2. The Balaban J connectivity index is 1.69. The summed E-state index contributed by atoms with van der Waals surface area (Å²) < 4.78 is 26.8. The molecule has 2 atom stereocenters. The molecule has 0 aliphatic carbocycles. The van der Waals surface area contributed by atoms with E-state index in [1.54, 1.807) is 6.07 Å². The zero-order valence-corrected chi connectivity index (χ0v) is 14.2. The van der Waals surface area contributed by atoms with Gasteiger partial charge in [-0.25, -0.2) is 8.78 Å². The Morgan fingerprint density at radius 1 is 1.16 bits per heavy atom. The van der Waals surface area contributed by atoms with Crippen LogP contribution in [0.2, 0.25) is 0 Å². The summed E-state index contributed by atoms with van der Waals surface area (Å²) in [4.78, 5) is 12.4. The van der Waals surface area contributed by atoms with E-state index in [1.165, 1.54) is 6.07 Å². The lowest BCUT2D eigenvalue weighted by molar-refractivity contribution is -0.121. The minimum atomic E-state index is -0.849. The molecule has 2 aromatic carbocycles. The predicted octanol–water partition coefficient (Wildman–Crippen LogP) is 3.08. The van der Waals surface area contributed by atoms with Gasteiger partial charge >= 0.3 is 0 Å². The van der Waals surface area contributed by atoms with Crippen LogP contribution in [0, 0.1) is 18.6 Å². The van der Waals surface area contributed by atoms with Crippen LogP contribution in [0.3, 0.4) is 0 Å². The van der Waals surface area contributed by atoms with Crippen molar-refractivity contribution in [1.29, 1.82) is 0 Å². The van der Waals surface area contributed by atoms with Crippen LogP contribution in [0.25, 0.3) is 0 Å². The summed E-state index contributed by atoms with van der Waals surface area (Å²) in [6, 6.07) is 11.7. The number of amides is 1. The van der Waals surface area contributed by atoms with Crippen molar-refractivity contribution >= 4 is 5.91 Å². The molecule has 2 N–H and O–H groups in total. The maximum absolute atomic E-state index is 13.6. The zero-order chi connectivity index (χ0) is 17.8. The third-order valence-electron chi connectivity index (χ3n) is 4.69. The lowest BCUT2D eigenvalue weighted by atomic mass is 9.86. The molecule has 0 bridgehead atoms. The van der Waals surface area contributed by atoms with Crippen LogP contribution in [0.5, 0.6) is 0 Å². The van der Waals surface area contributed by atoms with Gasteiger partial charge in [-0.1, -0.05) is 35.9 Å². The number of hydrogen-bond donors (Lipinski definition) is 2. The Morgan fingerprint density at radius 3 is 2.64 bits per heavy atom. The summed E-state index contributed by atoms with van der Waals surface area (Å²) in [7, 11) is 0. The first kappa shape index (κ1) is 17.5. The molecule has 5 heteroatoms. The molecular formula is C20H22F2N2O. The van der Waals surface area contributed by atoms with Crippen LogP contribution in [0.1, 0.15) is 29.0 Å². The topological polar surface area (TPSA) is 41.1 Å². The van der Waals surface area contributed by atoms with Crippen LogP contribution in [-0.4, -0.2) is 25.0 Å². The average molecular weight is 344 g/mol. The monoisotopic (exact) mass is 344 g/mol. The summed E-state index contributed by atoms with van der Waals surface area (Å²) in [5, 5.41) is 6.30. The molecule has 3 rings (SSSR count). The third kappa shape index (κ3) is 4.42. The molecule has 132 valence electrons. The fourth-order valence-electron chi connectivity index (χ4n) is 3.30. The van der Waals surface area contributed by atoms with Crippen molar-refractivity contribution < 1.29 is 13.6 Å². The predicted molar refractivity (Wildman–Crippen MR) is 93.4 cm³/mol. The number of aryl methyl sites for hydroxylation is 1. The minimum absolute atomic E-state index is 0.0293. The van der Waals surface area contributed by atoms with Gasteiger partial charge in [0.1, 0.15) is 0 Å². The second-order valence-corrected chi connectivity index (χ2v) is 6.61. The zero-order valence-electron chi connectivity index (χ0n) is 14.2. The Morgan fingerprint density at radius 2 is 1.92 bits per heavy atom. The van der Waals surface area contributed by atoms with E-state index in [0.29, 0.717) is 13.0 Å². The standard InChI is InChI=1S/C20H22F2N2O/c1-13-2-4-14(5-3-13)10-20(25)24-19-12-23-9-8-16(19)15-6-7-17(21)18(22)11-15/h2-7,11,16,19,23H,8-10,12H2,1H3,(H,24,25). The van der Waals surface area contributed by atoms with Crippen molar-refractivity contribution in [2.75, 3.05) is 13.1 Å². The van der Waals surface area contributed by atoms with E-state index in [-0.39, 0.29) is 17.9 Å². The molecule has 2 aromatic rings. The number of nitrogens with one attached hydrogen (secondary N) is 2. The first-order valence-corrected chi connectivity index (χ1v) is 8.53. The molecule has 2 unspecified atom stereocenters. The summed E-state index contributed by atoms with van der Waals surface area (Å²) in [5.74, 6) is -1.79. The second kappa shape index (κ2) is 7.74. The summed E-state index contributed by atoms with van der Waals surface area (Å²) >= 11 is 0. The van der Waals surface area contributed by atoms with Crippen molar-refractivity contribution in [2.45, 2.75) is 31.7 Å². The van der Waals surface area contributed by atoms with Crippen molar-refractivity contribution in [3.8, 4) is 0 Å². The molecule has 0 radical (unpaired) electrons. The number of piperidine rings is 1. The maximum Gasteiger partial charge on any atom is 0.224 e. The van der Waals surface area contributed by atoms with Gasteiger partial charge in [0.25, 0.3) is 0 Å². The first-order valence-electron chi connectivity index (χ1n) is 8.53. The molecule has 1 fully saturated rings. The SMILES string of the molecule is Cc1ccc(CC(=O)NC2CNCCC2c2ccc(F)c(F)c2)cc1. The first-order chi connectivity index (χ1) is 12.0. The molecule has 0 spiro atoms. The molecule has 0 aromatic heterocycles. The minimum Gasteiger partial charge on any atom is -0.351 e. The van der Waals surface area contributed by atoms with E-state index >= 15 is 0 Å². The summed E-state index contributed by atoms with van der Waals surface area (Å²) in [5.41, 5.74) is 2.83. The quantitative estimate of drug-likeness (QED) is 0.895. The van der Waals surface area contributed by atoms with Crippen LogP contribution in [0.15, 0.2) is 42.5 Å². The van der Waals surface area contributed by atoms with Crippen molar-refractivity contribution in [2.24, 2.45) is 0 Å². The number of carbonyl (C=O) groups is 1. The number of hydrogen-bond acceptors (Lipinski definition) is 2. The lowest BCUT2D eigenvalue weighted by Crippen LogP contribution is -2.50. The molecule has 1 saturated heterocycles. The van der Waals surface area contributed by atoms with Gasteiger partial charge in [-0.2, -0.15) is 0 Å². The Kier molecular flexibility index (Phi) is 5.43. The van der Waals surface area contributed by atoms with E-state index in [0.717, 1.165) is 35.7 Å². The van der Waals surface area contributed by atoms with Gasteiger partial charge in [0, 0.05) is 18.5 Å². The fourth-order valence-corrected chi connectivity index (χ4v) is 3.30. The third-order valence-corrected chi connectivity index (χ3v) is 4.69. The molecule has 25 heavy (non-hydrogen) atoms. The van der Waals surface area contributed by atoms with Crippen molar-refractivity contribution in [3.63, 3.8) is 0 Å². The molecule has 0 saturated carbocycles. The summed E-state index contributed by atoms with van der Waals surface area (Å²) in [6.45, 7) is 3.40. The average Bonchev–Trinajstić information content (AvgIpc) is 2.60. The number of halogens is 2. The van der Waals surface area contributed by atoms with E-state index in [4.69, 9.17) is 0 Å². The largest absolute Gasteiger partial charge is 0.351 e. The Bertz CT molecular complexity index is 746. The van der Waals surface area contributed by atoms with Gasteiger partial charge in [-0.05, 0) is 43.1 Å². The Labute approximate surface area is 146 Å². The normalized spacial score (nSPS) is 20.3. The van der Waals surface area contributed by atoms with E-state index in [1.807, 2.05) is 31.2 Å². The van der Waals surface area contributed by atoms with Gasteiger partial charge in [0.2, 0.25) is 5.91 Å². The van der Waals surface area contributed by atoms with Crippen molar-refractivity contribution in [1.82, 2.24) is 10.6 Å². The molecule has 1 heterocycles.